The number of allylic oxidation sites excluding steroid dienone is 1. The summed E-state index contributed by atoms with van der Waals surface area (Å²) in [6.45, 7) is 3.95. The largest absolute Gasteiger partial charge is 0.463 e. The molecule has 4 N–H and O–H groups in total. The van der Waals surface area contributed by atoms with E-state index in [0.29, 0.717) is 39.5 Å². The maximum atomic E-state index is 13.0. The van der Waals surface area contributed by atoms with Crippen LogP contribution in [0.1, 0.15) is 38.2 Å². The van der Waals surface area contributed by atoms with Crippen LogP contribution in [-0.2, 0) is 9.53 Å². The van der Waals surface area contributed by atoms with Gasteiger partial charge in [0.1, 0.15) is 5.84 Å². The Hall–Kier alpha value is -3.58. The van der Waals surface area contributed by atoms with Crippen molar-refractivity contribution in [3.63, 3.8) is 0 Å². The highest BCUT2D eigenvalue weighted by atomic mass is 35.5. The van der Waals surface area contributed by atoms with E-state index < -0.39 is 17.9 Å². The van der Waals surface area contributed by atoms with E-state index in [1.165, 1.54) is 6.20 Å². The summed E-state index contributed by atoms with van der Waals surface area (Å²) in [4.78, 5) is 30.0. The highest BCUT2D eigenvalue weighted by Gasteiger charge is 2.36. The highest BCUT2D eigenvalue weighted by molar-refractivity contribution is 6.31. The third-order valence-electron chi connectivity index (χ3n) is 5.05. The van der Waals surface area contributed by atoms with Gasteiger partial charge in [-0.2, -0.15) is 0 Å². The summed E-state index contributed by atoms with van der Waals surface area (Å²) in [5.74, 6) is -0.924. The van der Waals surface area contributed by atoms with Gasteiger partial charge < -0.3 is 21.1 Å². The summed E-state index contributed by atoms with van der Waals surface area (Å²) >= 11 is 6.53. The molecule has 172 valence electrons. The van der Waals surface area contributed by atoms with Gasteiger partial charge in [-0.25, -0.2) is 14.6 Å². The SMILES string of the molecule is CCCC1=C(C(=O)OCC)C(c2ccccc2Cl)/C(=C/NC(=O)Nc2ccccc2)C(N)=N1. The minimum Gasteiger partial charge on any atom is -0.463 e. The molecule has 1 atom stereocenters. The van der Waals surface area contributed by atoms with E-state index in [9.17, 15) is 9.59 Å². The number of amides is 2. The van der Waals surface area contributed by atoms with Gasteiger partial charge in [0.2, 0.25) is 0 Å². The number of ether oxygens (including phenoxy) is 1. The molecule has 1 aliphatic rings. The zero-order valence-electron chi connectivity index (χ0n) is 18.6. The van der Waals surface area contributed by atoms with Gasteiger partial charge in [0.05, 0.1) is 17.9 Å². The normalized spacial score (nSPS) is 16.9. The molecule has 0 bridgehead atoms. The number of amidine groups is 1. The predicted octanol–water partition coefficient (Wildman–Crippen LogP) is 5.12. The van der Waals surface area contributed by atoms with Crippen LogP contribution in [0.3, 0.4) is 0 Å². The summed E-state index contributed by atoms with van der Waals surface area (Å²) in [5.41, 5.74) is 9.03. The Bertz CT molecular complexity index is 1110. The highest BCUT2D eigenvalue weighted by Crippen LogP contribution is 2.41. The number of aliphatic imine (C=N–C) groups is 1. The Morgan fingerprint density at radius 3 is 2.48 bits per heavy atom. The monoisotopic (exact) mass is 466 g/mol. The van der Waals surface area contributed by atoms with Crippen molar-refractivity contribution in [2.24, 2.45) is 10.7 Å². The number of hydrogen-bond donors (Lipinski definition) is 3. The van der Waals surface area contributed by atoms with Crippen molar-refractivity contribution >= 4 is 35.1 Å². The van der Waals surface area contributed by atoms with Crippen LogP contribution in [0.4, 0.5) is 10.5 Å². The summed E-state index contributed by atoms with van der Waals surface area (Å²) < 4.78 is 5.36. The number of hydrogen-bond acceptors (Lipinski definition) is 5. The number of carbonyl (C=O) groups excluding carboxylic acids is 2. The Kier molecular flexibility index (Phi) is 8.27. The molecular formula is C25H27ClN4O3. The zero-order chi connectivity index (χ0) is 23.8. The van der Waals surface area contributed by atoms with E-state index in [2.05, 4.69) is 15.6 Å². The topological polar surface area (TPSA) is 106 Å². The fourth-order valence-corrected chi connectivity index (χ4v) is 3.88. The van der Waals surface area contributed by atoms with E-state index in [-0.39, 0.29) is 12.4 Å². The van der Waals surface area contributed by atoms with Gasteiger partial charge in [0.25, 0.3) is 0 Å². The van der Waals surface area contributed by atoms with Gasteiger partial charge in [0.15, 0.2) is 0 Å². The molecule has 8 heteroatoms. The minimum absolute atomic E-state index is 0.205. The number of urea groups is 1. The van der Waals surface area contributed by atoms with Crippen LogP contribution in [-0.4, -0.2) is 24.4 Å². The van der Waals surface area contributed by atoms with Crippen molar-refractivity contribution in [2.45, 2.75) is 32.6 Å². The van der Waals surface area contributed by atoms with Crippen molar-refractivity contribution in [3.05, 3.63) is 88.2 Å². The van der Waals surface area contributed by atoms with Crippen molar-refractivity contribution in [1.29, 1.82) is 0 Å². The van der Waals surface area contributed by atoms with E-state index in [4.69, 9.17) is 22.1 Å². The standard InChI is InChI=1S/C25H27ClN4O3/c1-3-10-20-22(24(31)33-4-2)21(17-13-8-9-14-19(17)26)18(23(27)30-20)15-28-25(32)29-16-11-6-5-7-12-16/h5-9,11-15,21H,3-4,10H2,1-2H3,(H2,27,30)(H2,28,29,32)/b18-15-. The van der Waals surface area contributed by atoms with E-state index in [1.807, 2.05) is 43.3 Å². The Labute approximate surface area is 198 Å². The molecule has 2 aromatic carbocycles. The molecule has 0 radical (unpaired) electrons. The summed E-state index contributed by atoms with van der Waals surface area (Å²) in [7, 11) is 0. The van der Waals surface area contributed by atoms with Gasteiger partial charge >= 0.3 is 12.0 Å². The third-order valence-corrected chi connectivity index (χ3v) is 5.39. The molecule has 0 fully saturated rings. The maximum Gasteiger partial charge on any atom is 0.336 e. The molecule has 3 rings (SSSR count). The Balaban J connectivity index is 2.05. The molecular weight excluding hydrogens is 440 g/mol. The molecule has 33 heavy (non-hydrogen) atoms. The molecule has 7 nitrogen and oxygen atoms in total. The lowest BCUT2D eigenvalue weighted by atomic mass is 9.80. The summed E-state index contributed by atoms with van der Waals surface area (Å²) in [6, 6.07) is 15.8. The van der Waals surface area contributed by atoms with Crippen LogP contribution in [0.15, 0.2) is 82.6 Å². The predicted molar refractivity (Wildman–Crippen MR) is 131 cm³/mol. The second-order valence-electron chi connectivity index (χ2n) is 7.35. The first-order valence-corrected chi connectivity index (χ1v) is 11.2. The van der Waals surface area contributed by atoms with Crippen LogP contribution in [0.25, 0.3) is 0 Å². The lowest BCUT2D eigenvalue weighted by molar-refractivity contribution is -0.138. The molecule has 0 aromatic heterocycles. The molecule has 2 amide bonds. The number of nitrogens with two attached hydrogens (primary N) is 1. The number of anilines is 1. The average molecular weight is 467 g/mol. The Morgan fingerprint density at radius 1 is 1.12 bits per heavy atom. The molecule has 1 heterocycles. The first kappa shape index (κ1) is 24.1. The minimum atomic E-state index is -0.645. The van der Waals surface area contributed by atoms with Gasteiger partial charge in [-0.15, -0.1) is 0 Å². The summed E-state index contributed by atoms with van der Waals surface area (Å²) in [5, 5.41) is 5.91. The second kappa shape index (κ2) is 11.3. The molecule has 0 saturated heterocycles. The number of benzene rings is 2. The molecule has 0 aliphatic carbocycles. The van der Waals surface area contributed by atoms with Gasteiger partial charge in [-0.05, 0) is 37.1 Å². The number of para-hydroxylation sites is 1. The van der Waals surface area contributed by atoms with Crippen LogP contribution in [0, 0.1) is 0 Å². The Morgan fingerprint density at radius 2 is 1.82 bits per heavy atom. The van der Waals surface area contributed by atoms with Crippen molar-refractivity contribution in [2.75, 3.05) is 11.9 Å². The number of esters is 1. The van der Waals surface area contributed by atoms with Crippen LogP contribution < -0.4 is 16.4 Å². The third kappa shape index (κ3) is 5.81. The van der Waals surface area contributed by atoms with E-state index in [1.54, 1.807) is 25.1 Å². The van der Waals surface area contributed by atoms with Crippen LogP contribution >= 0.6 is 11.6 Å². The van der Waals surface area contributed by atoms with E-state index in [0.717, 1.165) is 6.42 Å². The fourth-order valence-electron chi connectivity index (χ4n) is 3.63. The van der Waals surface area contributed by atoms with Crippen molar-refractivity contribution in [3.8, 4) is 0 Å². The average Bonchev–Trinajstić information content (AvgIpc) is 2.79. The number of rotatable bonds is 7. The van der Waals surface area contributed by atoms with Gasteiger partial charge in [-0.1, -0.05) is 61.3 Å². The number of halogens is 1. The quantitative estimate of drug-likeness (QED) is 0.492. The maximum absolute atomic E-state index is 13.0. The molecule has 1 unspecified atom stereocenters. The molecule has 0 saturated carbocycles. The first-order chi connectivity index (χ1) is 16.0. The molecule has 2 aromatic rings. The van der Waals surface area contributed by atoms with Crippen LogP contribution in [0.2, 0.25) is 5.02 Å². The zero-order valence-corrected chi connectivity index (χ0v) is 19.4. The fraction of sp³-hybridized carbons (Fsp3) is 0.240. The number of nitrogens with one attached hydrogen (secondary N) is 2. The summed E-state index contributed by atoms with van der Waals surface area (Å²) in [6.07, 6.45) is 2.78. The van der Waals surface area contributed by atoms with E-state index >= 15 is 0 Å². The lowest BCUT2D eigenvalue weighted by Crippen LogP contribution is -2.32. The smallest absolute Gasteiger partial charge is 0.336 e. The van der Waals surface area contributed by atoms with Gasteiger partial charge in [-0.3, -0.25) is 0 Å². The second-order valence-corrected chi connectivity index (χ2v) is 7.75. The number of carbonyl (C=O) groups is 2. The van der Waals surface area contributed by atoms with Crippen molar-refractivity contribution < 1.29 is 14.3 Å². The number of nitrogens with zero attached hydrogens (tertiary/aromatic N) is 1. The first-order valence-electron chi connectivity index (χ1n) is 10.8. The molecule has 0 spiro atoms. The van der Waals surface area contributed by atoms with Crippen molar-refractivity contribution in [1.82, 2.24) is 5.32 Å². The lowest BCUT2D eigenvalue weighted by Gasteiger charge is -2.29. The van der Waals surface area contributed by atoms with Gasteiger partial charge in [0, 0.05) is 28.4 Å². The van der Waals surface area contributed by atoms with Crippen LogP contribution in [0.5, 0.6) is 0 Å². The molecule has 1 aliphatic heterocycles.